The number of ether oxygens (including phenoxy) is 2. The minimum absolute atomic E-state index is 0.196. The molecule has 0 amide bonds. The highest BCUT2D eigenvalue weighted by Crippen LogP contribution is 2.48. The van der Waals surface area contributed by atoms with E-state index in [0.717, 1.165) is 17.5 Å². The summed E-state index contributed by atoms with van der Waals surface area (Å²) in [6, 6.07) is 18.1. The van der Waals surface area contributed by atoms with Crippen molar-refractivity contribution < 1.29 is 27.4 Å². The molecule has 0 saturated carbocycles. The molecular formula is C29H31F3O3. The lowest BCUT2D eigenvalue weighted by atomic mass is 9.83. The molecule has 0 unspecified atom stereocenters. The van der Waals surface area contributed by atoms with Crippen LogP contribution in [0.2, 0.25) is 0 Å². The van der Waals surface area contributed by atoms with E-state index in [0.29, 0.717) is 30.1 Å². The monoisotopic (exact) mass is 484 g/mol. The van der Waals surface area contributed by atoms with Gasteiger partial charge >= 0.3 is 6.36 Å². The van der Waals surface area contributed by atoms with Crippen molar-refractivity contribution in [3.05, 3.63) is 82.9 Å². The molecular weight excluding hydrogens is 453 g/mol. The molecule has 0 radical (unpaired) electrons. The van der Waals surface area contributed by atoms with Crippen LogP contribution in [0, 0.1) is 12.8 Å². The maximum absolute atomic E-state index is 12.9. The second kappa shape index (κ2) is 10.5. The smallest absolute Gasteiger partial charge is 0.492 e. The Hall–Kier alpha value is -3.28. The van der Waals surface area contributed by atoms with E-state index in [4.69, 9.17) is 4.74 Å². The Morgan fingerprint density at radius 1 is 1.03 bits per heavy atom. The number of fused-ring (bicyclic) bond motifs is 1. The Morgan fingerprint density at radius 3 is 2.26 bits per heavy atom. The highest BCUT2D eigenvalue weighted by molar-refractivity contribution is 5.85. The third kappa shape index (κ3) is 6.87. The molecule has 0 fully saturated rings. The number of carbonyl (C=O) groups is 1. The average Bonchev–Trinajstić information content (AvgIpc) is 3.08. The Morgan fingerprint density at radius 2 is 1.71 bits per heavy atom. The Bertz CT molecular complexity index is 1170. The number of aldehydes is 1. The lowest BCUT2D eigenvalue weighted by molar-refractivity contribution is -0.274. The van der Waals surface area contributed by atoms with Crippen molar-refractivity contribution in [3.63, 3.8) is 0 Å². The summed E-state index contributed by atoms with van der Waals surface area (Å²) in [4.78, 5) is 11.2. The van der Waals surface area contributed by atoms with Gasteiger partial charge in [-0.05, 0) is 49.1 Å². The van der Waals surface area contributed by atoms with E-state index in [1.807, 2.05) is 38.1 Å². The first kappa shape index (κ1) is 26.3. The Balaban J connectivity index is 0.000000420. The van der Waals surface area contributed by atoms with Gasteiger partial charge < -0.3 is 9.47 Å². The van der Waals surface area contributed by atoms with E-state index < -0.39 is 6.36 Å². The number of hydrogen-bond donors (Lipinski definition) is 0. The van der Waals surface area contributed by atoms with Gasteiger partial charge in [-0.1, -0.05) is 69.7 Å². The average molecular weight is 485 g/mol. The fourth-order valence-corrected chi connectivity index (χ4v) is 4.05. The van der Waals surface area contributed by atoms with Crippen LogP contribution in [0.4, 0.5) is 13.2 Å². The van der Waals surface area contributed by atoms with Crippen molar-refractivity contribution in [1.82, 2.24) is 0 Å². The fraction of sp³-hybridized carbons (Fsp3) is 0.345. The molecule has 0 N–H and O–H groups in total. The molecule has 1 aliphatic rings. The van der Waals surface area contributed by atoms with Crippen molar-refractivity contribution in [1.29, 1.82) is 0 Å². The molecule has 0 aromatic heterocycles. The molecule has 35 heavy (non-hydrogen) atoms. The number of alkyl halides is 3. The Kier molecular flexibility index (Phi) is 7.93. The number of hydrogen-bond acceptors (Lipinski definition) is 3. The van der Waals surface area contributed by atoms with E-state index in [1.54, 1.807) is 0 Å². The first-order valence-corrected chi connectivity index (χ1v) is 11.6. The number of rotatable bonds is 5. The van der Waals surface area contributed by atoms with Gasteiger partial charge in [0, 0.05) is 27.7 Å². The maximum atomic E-state index is 12.9. The summed E-state index contributed by atoms with van der Waals surface area (Å²) in [6.45, 7) is 10.8. The summed E-state index contributed by atoms with van der Waals surface area (Å²) in [5, 5.41) is 0. The minimum Gasteiger partial charge on any atom is -0.492 e. The molecule has 1 aliphatic heterocycles. The van der Waals surface area contributed by atoms with Gasteiger partial charge in [0.25, 0.3) is 0 Å². The van der Waals surface area contributed by atoms with Gasteiger partial charge in [-0.2, -0.15) is 0 Å². The number of benzene rings is 3. The summed E-state index contributed by atoms with van der Waals surface area (Å²) in [5.41, 5.74) is 4.01. The standard InChI is InChI=1S/C22H23F3O3.C7H8/c1-13(2)7-15-9-17(20-18(10-15)21(3,4)12-27-20)16-8-14(11-26)5-6-19(16)28-22(23,24)25;1-7-5-3-2-4-6-7/h5-6,8-11,13H,7,12H2,1-4H3;2-6H,1H3. The zero-order valence-electron chi connectivity index (χ0n) is 20.7. The Labute approximate surface area is 204 Å². The molecule has 0 atom stereocenters. The lowest BCUT2D eigenvalue weighted by Crippen LogP contribution is -2.18. The van der Waals surface area contributed by atoms with Crippen LogP contribution >= 0.6 is 0 Å². The van der Waals surface area contributed by atoms with Crippen LogP contribution in [0.15, 0.2) is 60.7 Å². The van der Waals surface area contributed by atoms with E-state index in [-0.39, 0.29) is 22.3 Å². The summed E-state index contributed by atoms with van der Waals surface area (Å²) < 4.78 is 49.0. The third-order valence-electron chi connectivity index (χ3n) is 5.70. The van der Waals surface area contributed by atoms with Crippen LogP contribution in [0.5, 0.6) is 11.5 Å². The molecule has 0 aliphatic carbocycles. The van der Waals surface area contributed by atoms with Crippen molar-refractivity contribution in [2.45, 2.75) is 52.8 Å². The topological polar surface area (TPSA) is 35.5 Å². The van der Waals surface area contributed by atoms with Gasteiger partial charge in [-0.15, -0.1) is 13.2 Å². The van der Waals surface area contributed by atoms with Crippen molar-refractivity contribution in [2.75, 3.05) is 6.61 Å². The maximum Gasteiger partial charge on any atom is 0.573 e. The minimum atomic E-state index is -4.84. The molecule has 0 bridgehead atoms. The highest BCUT2D eigenvalue weighted by atomic mass is 19.4. The van der Waals surface area contributed by atoms with Crippen LogP contribution in [0.25, 0.3) is 11.1 Å². The quantitative estimate of drug-likeness (QED) is 0.345. The van der Waals surface area contributed by atoms with Crippen molar-refractivity contribution >= 4 is 6.29 Å². The molecule has 3 aromatic carbocycles. The zero-order valence-corrected chi connectivity index (χ0v) is 20.7. The van der Waals surface area contributed by atoms with Gasteiger partial charge in [0.1, 0.15) is 17.8 Å². The fourth-order valence-electron chi connectivity index (χ4n) is 4.05. The molecule has 0 spiro atoms. The van der Waals surface area contributed by atoms with E-state index in [2.05, 4.69) is 43.7 Å². The molecule has 4 rings (SSSR count). The molecule has 6 heteroatoms. The summed E-state index contributed by atoms with van der Waals surface area (Å²) in [6.07, 6.45) is -3.46. The second-order valence-corrected chi connectivity index (χ2v) is 9.87. The SMILES string of the molecule is CC(C)Cc1cc(-c2cc(C=O)ccc2OC(F)(F)F)c2c(c1)C(C)(C)CO2.Cc1ccccc1. The first-order valence-electron chi connectivity index (χ1n) is 11.6. The number of carbonyl (C=O) groups excluding carboxylic acids is 1. The summed E-state index contributed by atoms with van der Waals surface area (Å²) >= 11 is 0. The van der Waals surface area contributed by atoms with Gasteiger partial charge in [0.05, 0.1) is 6.61 Å². The van der Waals surface area contributed by atoms with Crippen LogP contribution in [-0.4, -0.2) is 19.3 Å². The predicted octanol–water partition coefficient (Wildman–Crippen LogP) is 7.93. The van der Waals surface area contributed by atoms with Gasteiger partial charge in [-0.25, -0.2) is 0 Å². The van der Waals surface area contributed by atoms with Crippen LogP contribution in [-0.2, 0) is 11.8 Å². The van der Waals surface area contributed by atoms with Crippen LogP contribution in [0.1, 0.15) is 54.7 Å². The normalized spacial score (nSPS) is 14.0. The van der Waals surface area contributed by atoms with Gasteiger partial charge in [0.2, 0.25) is 0 Å². The molecule has 3 nitrogen and oxygen atoms in total. The van der Waals surface area contributed by atoms with Crippen LogP contribution in [0.3, 0.4) is 0 Å². The largest absolute Gasteiger partial charge is 0.573 e. The summed E-state index contributed by atoms with van der Waals surface area (Å²) in [5.74, 6) is 0.575. The molecule has 0 saturated heterocycles. The number of halogens is 3. The number of aryl methyl sites for hydroxylation is 1. The first-order chi connectivity index (χ1) is 16.4. The van der Waals surface area contributed by atoms with E-state index >= 15 is 0 Å². The molecule has 3 aromatic rings. The summed E-state index contributed by atoms with van der Waals surface area (Å²) in [7, 11) is 0. The van der Waals surface area contributed by atoms with E-state index in [1.165, 1.54) is 23.8 Å². The van der Waals surface area contributed by atoms with Gasteiger partial charge in [0.15, 0.2) is 0 Å². The van der Waals surface area contributed by atoms with E-state index in [9.17, 15) is 18.0 Å². The predicted molar refractivity (Wildman–Crippen MR) is 132 cm³/mol. The lowest BCUT2D eigenvalue weighted by Gasteiger charge is -2.19. The zero-order chi connectivity index (χ0) is 25.8. The van der Waals surface area contributed by atoms with Crippen molar-refractivity contribution in [3.8, 4) is 22.6 Å². The second-order valence-electron chi connectivity index (χ2n) is 9.87. The van der Waals surface area contributed by atoms with Crippen molar-refractivity contribution in [2.24, 2.45) is 5.92 Å². The molecule has 186 valence electrons. The molecule has 1 heterocycles. The van der Waals surface area contributed by atoms with Gasteiger partial charge in [-0.3, -0.25) is 4.79 Å². The third-order valence-corrected chi connectivity index (χ3v) is 5.70. The van der Waals surface area contributed by atoms with Crippen LogP contribution < -0.4 is 9.47 Å². The highest BCUT2D eigenvalue weighted by Gasteiger charge is 2.36.